The minimum Gasteiger partial charge on any atom is -0.505 e. The van der Waals surface area contributed by atoms with Crippen molar-refractivity contribution in [2.24, 2.45) is 0 Å². The first-order chi connectivity index (χ1) is 7.10. The van der Waals surface area contributed by atoms with Crippen LogP contribution in [0.5, 0.6) is 5.75 Å². The molecule has 1 aromatic rings. The second-order valence-corrected chi connectivity index (χ2v) is 3.12. The fourth-order valence-electron chi connectivity index (χ4n) is 1.24. The van der Waals surface area contributed by atoms with Crippen molar-refractivity contribution in [3.8, 4) is 18.1 Å². The Morgan fingerprint density at radius 2 is 2.27 bits per heavy atom. The SMILES string of the molecule is C#CCC(O)c1cc(N)c(O)c(C=N)c1. The van der Waals surface area contributed by atoms with Gasteiger partial charge >= 0.3 is 0 Å². The van der Waals surface area contributed by atoms with Crippen LogP contribution in [0.1, 0.15) is 23.7 Å². The molecule has 4 nitrogen and oxygen atoms in total. The minimum atomic E-state index is -0.823. The van der Waals surface area contributed by atoms with Gasteiger partial charge in [-0.3, -0.25) is 0 Å². The number of hydrogen-bond donors (Lipinski definition) is 4. The lowest BCUT2D eigenvalue weighted by atomic mass is 10.0. The third-order valence-electron chi connectivity index (χ3n) is 2.04. The Labute approximate surface area is 87.9 Å². The van der Waals surface area contributed by atoms with Crippen molar-refractivity contribution in [1.82, 2.24) is 0 Å². The molecule has 0 radical (unpaired) electrons. The molecule has 0 bridgehead atoms. The summed E-state index contributed by atoms with van der Waals surface area (Å²) < 4.78 is 0. The topological polar surface area (TPSA) is 90.3 Å². The van der Waals surface area contributed by atoms with Crippen LogP contribution < -0.4 is 5.73 Å². The summed E-state index contributed by atoms with van der Waals surface area (Å²) in [5.74, 6) is 2.18. The summed E-state index contributed by atoms with van der Waals surface area (Å²) in [6.07, 6.45) is 5.39. The van der Waals surface area contributed by atoms with Crippen LogP contribution in [0.25, 0.3) is 0 Å². The highest BCUT2D eigenvalue weighted by molar-refractivity contribution is 5.85. The van der Waals surface area contributed by atoms with Crippen LogP contribution in [0.4, 0.5) is 5.69 Å². The van der Waals surface area contributed by atoms with Gasteiger partial charge in [-0.25, -0.2) is 0 Å². The normalized spacial score (nSPS) is 11.7. The second kappa shape index (κ2) is 4.49. The number of aromatic hydroxyl groups is 1. The quantitative estimate of drug-likeness (QED) is 0.256. The van der Waals surface area contributed by atoms with E-state index < -0.39 is 6.10 Å². The number of anilines is 1. The van der Waals surface area contributed by atoms with Crippen LogP contribution in [0.2, 0.25) is 0 Å². The third kappa shape index (κ3) is 2.27. The molecular formula is C11H12N2O2. The zero-order valence-electron chi connectivity index (χ0n) is 8.07. The van der Waals surface area contributed by atoms with Crippen molar-refractivity contribution in [3.63, 3.8) is 0 Å². The van der Waals surface area contributed by atoms with Crippen molar-refractivity contribution in [3.05, 3.63) is 23.3 Å². The van der Waals surface area contributed by atoms with E-state index >= 15 is 0 Å². The molecule has 0 heterocycles. The first-order valence-corrected chi connectivity index (χ1v) is 4.34. The molecule has 78 valence electrons. The largest absolute Gasteiger partial charge is 0.505 e. The third-order valence-corrected chi connectivity index (χ3v) is 2.04. The fourth-order valence-corrected chi connectivity index (χ4v) is 1.24. The molecule has 0 saturated heterocycles. The Morgan fingerprint density at radius 3 is 2.80 bits per heavy atom. The number of rotatable bonds is 3. The smallest absolute Gasteiger partial charge is 0.147 e. The van der Waals surface area contributed by atoms with Gasteiger partial charge in [-0.2, -0.15) is 0 Å². The molecule has 0 aliphatic carbocycles. The van der Waals surface area contributed by atoms with Gasteiger partial charge < -0.3 is 21.4 Å². The van der Waals surface area contributed by atoms with Crippen LogP contribution in [-0.2, 0) is 0 Å². The Hall–Kier alpha value is -1.99. The van der Waals surface area contributed by atoms with E-state index in [0.717, 1.165) is 6.21 Å². The number of hydrogen-bond acceptors (Lipinski definition) is 4. The Kier molecular flexibility index (Phi) is 3.32. The summed E-state index contributed by atoms with van der Waals surface area (Å²) in [4.78, 5) is 0. The summed E-state index contributed by atoms with van der Waals surface area (Å²) in [5, 5.41) is 26.1. The van der Waals surface area contributed by atoms with Crippen molar-refractivity contribution < 1.29 is 10.2 Å². The number of phenolic OH excluding ortho intramolecular Hbond substituents is 1. The van der Waals surface area contributed by atoms with Gasteiger partial charge in [0.15, 0.2) is 0 Å². The molecule has 0 aliphatic rings. The molecule has 0 aliphatic heterocycles. The first kappa shape index (κ1) is 11.1. The standard InChI is InChI=1S/C11H12N2O2/c1-2-3-10(14)7-4-8(6-12)11(15)9(13)5-7/h1,4-6,10,12,14-15H,3,13H2. The van der Waals surface area contributed by atoms with Gasteiger partial charge in [-0.15, -0.1) is 12.3 Å². The molecule has 0 amide bonds. The highest BCUT2D eigenvalue weighted by Crippen LogP contribution is 2.29. The molecule has 1 aromatic carbocycles. The van der Waals surface area contributed by atoms with Crippen molar-refractivity contribution in [2.45, 2.75) is 12.5 Å². The molecular weight excluding hydrogens is 192 g/mol. The number of nitrogens with one attached hydrogen (secondary N) is 1. The van der Waals surface area contributed by atoms with Gasteiger partial charge in [0.2, 0.25) is 0 Å². The number of terminal acetylenes is 1. The van der Waals surface area contributed by atoms with Crippen LogP contribution >= 0.6 is 0 Å². The van der Waals surface area contributed by atoms with Gasteiger partial charge in [0, 0.05) is 18.2 Å². The molecule has 0 spiro atoms. The lowest BCUT2D eigenvalue weighted by molar-refractivity contribution is 0.184. The van der Waals surface area contributed by atoms with Gasteiger partial charge in [0.25, 0.3) is 0 Å². The van der Waals surface area contributed by atoms with E-state index in [1.54, 1.807) is 0 Å². The van der Waals surface area contributed by atoms with Crippen LogP contribution in [-0.4, -0.2) is 16.4 Å². The minimum absolute atomic E-state index is 0.127. The summed E-state index contributed by atoms with van der Waals surface area (Å²) in [6.45, 7) is 0. The molecule has 15 heavy (non-hydrogen) atoms. The lowest BCUT2D eigenvalue weighted by Crippen LogP contribution is -2.00. The van der Waals surface area contributed by atoms with Crippen LogP contribution in [0, 0.1) is 17.8 Å². The molecule has 1 rings (SSSR count). The zero-order valence-corrected chi connectivity index (χ0v) is 8.07. The van der Waals surface area contributed by atoms with Gasteiger partial charge in [0.05, 0.1) is 11.8 Å². The van der Waals surface area contributed by atoms with E-state index in [0.29, 0.717) is 5.56 Å². The molecule has 1 unspecified atom stereocenters. The van der Waals surface area contributed by atoms with Gasteiger partial charge in [-0.1, -0.05) is 0 Å². The maximum absolute atomic E-state index is 9.60. The number of benzene rings is 1. The Bertz CT molecular complexity index is 421. The van der Waals surface area contributed by atoms with Gasteiger partial charge in [0.1, 0.15) is 5.75 Å². The van der Waals surface area contributed by atoms with Gasteiger partial charge in [-0.05, 0) is 17.7 Å². The summed E-state index contributed by atoms with van der Waals surface area (Å²) in [7, 11) is 0. The fraction of sp³-hybridized carbons (Fsp3) is 0.182. The van der Waals surface area contributed by atoms with E-state index in [4.69, 9.17) is 17.6 Å². The molecule has 5 N–H and O–H groups in total. The maximum Gasteiger partial charge on any atom is 0.147 e. The van der Waals surface area contributed by atoms with Crippen molar-refractivity contribution in [1.29, 1.82) is 5.41 Å². The summed E-state index contributed by atoms with van der Waals surface area (Å²) >= 11 is 0. The molecule has 4 heteroatoms. The predicted octanol–water partition coefficient (Wildman–Crippen LogP) is 1.03. The lowest BCUT2D eigenvalue weighted by Gasteiger charge is -2.11. The van der Waals surface area contributed by atoms with E-state index in [1.165, 1.54) is 12.1 Å². The predicted molar refractivity (Wildman–Crippen MR) is 58.8 cm³/mol. The number of nitrogens with two attached hydrogens (primary N) is 1. The number of aliphatic hydroxyl groups is 1. The Balaban J connectivity index is 3.17. The first-order valence-electron chi connectivity index (χ1n) is 4.34. The zero-order chi connectivity index (χ0) is 11.4. The maximum atomic E-state index is 9.60. The highest BCUT2D eigenvalue weighted by Gasteiger charge is 2.11. The average Bonchev–Trinajstić information content (AvgIpc) is 2.22. The molecule has 1 atom stereocenters. The second-order valence-electron chi connectivity index (χ2n) is 3.12. The van der Waals surface area contributed by atoms with Crippen molar-refractivity contribution >= 4 is 11.9 Å². The monoisotopic (exact) mass is 204 g/mol. The summed E-state index contributed by atoms with van der Waals surface area (Å²) in [6, 6.07) is 2.94. The van der Waals surface area contributed by atoms with E-state index in [1.807, 2.05) is 0 Å². The van der Waals surface area contributed by atoms with Crippen molar-refractivity contribution in [2.75, 3.05) is 5.73 Å². The van der Waals surface area contributed by atoms with E-state index in [2.05, 4.69) is 5.92 Å². The van der Waals surface area contributed by atoms with Crippen LogP contribution in [0.15, 0.2) is 12.1 Å². The molecule has 0 aromatic heterocycles. The highest BCUT2D eigenvalue weighted by atomic mass is 16.3. The Morgan fingerprint density at radius 1 is 1.60 bits per heavy atom. The van der Waals surface area contributed by atoms with Crippen LogP contribution in [0.3, 0.4) is 0 Å². The number of phenols is 1. The molecule has 0 fully saturated rings. The average molecular weight is 204 g/mol. The summed E-state index contributed by atoms with van der Waals surface area (Å²) in [5.41, 5.74) is 6.41. The molecule has 0 saturated carbocycles. The number of nitrogen functional groups attached to an aromatic ring is 1. The number of aliphatic hydroxyl groups excluding tert-OH is 1. The van der Waals surface area contributed by atoms with E-state index in [9.17, 15) is 10.2 Å². The van der Waals surface area contributed by atoms with E-state index in [-0.39, 0.29) is 23.4 Å².